The average molecular weight is 206 g/mol. The highest BCUT2D eigenvalue weighted by molar-refractivity contribution is 7.89. The van der Waals surface area contributed by atoms with Gasteiger partial charge in [-0.3, -0.25) is 0 Å². The van der Waals surface area contributed by atoms with Crippen LogP contribution in [-0.4, -0.2) is 38.1 Å². The summed E-state index contributed by atoms with van der Waals surface area (Å²) >= 11 is 0. The van der Waals surface area contributed by atoms with Crippen molar-refractivity contribution in [1.82, 2.24) is 4.31 Å². The highest BCUT2D eigenvalue weighted by Crippen LogP contribution is 2.30. The van der Waals surface area contributed by atoms with E-state index in [1.807, 2.05) is 6.92 Å². The molecule has 0 radical (unpaired) electrons. The molecular weight excluding hydrogens is 188 g/mol. The summed E-state index contributed by atoms with van der Waals surface area (Å²) in [5.74, 6) is 0.681. The molecule has 2 N–H and O–H groups in total. The Balaban J connectivity index is 2.52. The van der Waals surface area contributed by atoms with Crippen LogP contribution in [0.5, 0.6) is 0 Å². The van der Waals surface area contributed by atoms with Crippen molar-refractivity contribution in [2.24, 2.45) is 11.7 Å². The highest BCUT2D eigenvalue weighted by atomic mass is 32.2. The van der Waals surface area contributed by atoms with E-state index in [0.29, 0.717) is 19.0 Å². The third kappa shape index (κ3) is 3.25. The Morgan fingerprint density at radius 2 is 2.08 bits per heavy atom. The minimum Gasteiger partial charge on any atom is -0.329 e. The van der Waals surface area contributed by atoms with Gasteiger partial charge in [0.1, 0.15) is 0 Å². The molecule has 1 aliphatic rings. The molecule has 1 saturated carbocycles. The maximum Gasteiger partial charge on any atom is 0.215 e. The van der Waals surface area contributed by atoms with E-state index in [-0.39, 0.29) is 12.3 Å². The van der Waals surface area contributed by atoms with Crippen LogP contribution in [0.3, 0.4) is 0 Å². The fourth-order valence-electron chi connectivity index (χ4n) is 1.31. The largest absolute Gasteiger partial charge is 0.329 e. The summed E-state index contributed by atoms with van der Waals surface area (Å²) in [7, 11) is -3.07. The Hall–Kier alpha value is -0.130. The predicted octanol–water partition coefficient (Wildman–Crippen LogP) is 0.00680. The maximum atomic E-state index is 11.6. The first-order chi connectivity index (χ1) is 6.10. The third-order valence-electron chi connectivity index (χ3n) is 2.28. The lowest BCUT2D eigenvalue weighted by molar-refractivity contribution is 0.412. The molecule has 1 aliphatic carbocycles. The van der Waals surface area contributed by atoms with Crippen LogP contribution >= 0.6 is 0 Å². The van der Waals surface area contributed by atoms with E-state index in [1.54, 1.807) is 4.31 Å². The van der Waals surface area contributed by atoms with Gasteiger partial charge in [-0.25, -0.2) is 12.7 Å². The predicted molar refractivity (Wildman–Crippen MR) is 52.8 cm³/mol. The van der Waals surface area contributed by atoms with Crippen LogP contribution in [0, 0.1) is 5.92 Å². The number of sulfonamides is 1. The molecule has 0 saturated heterocycles. The van der Waals surface area contributed by atoms with Crippen molar-refractivity contribution in [3.8, 4) is 0 Å². The molecule has 78 valence electrons. The lowest BCUT2D eigenvalue weighted by Gasteiger charge is -2.19. The summed E-state index contributed by atoms with van der Waals surface area (Å²) < 4.78 is 24.7. The number of nitrogens with zero attached hydrogens (tertiary/aromatic N) is 1. The van der Waals surface area contributed by atoms with E-state index >= 15 is 0 Å². The molecule has 5 heteroatoms. The highest BCUT2D eigenvalue weighted by Gasteiger charge is 2.28. The monoisotopic (exact) mass is 206 g/mol. The van der Waals surface area contributed by atoms with Gasteiger partial charge in [0.25, 0.3) is 0 Å². The molecule has 4 nitrogen and oxygen atoms in total. The number of hydrogen-bond acceptors (Lipinski definition) is 3. The molecule has 0 aromatic rings. The normalized spacial score (nSPS) is 18.1. The van der Waals surface area contributed by atoms with E-state index in [2.05, 4.69) is 0 Å². The van der Waals surface area contributed by atoms with Crippen molar-refractivity contribution in [2.75, 3.05) is 25.4 Å². The second-order valence-electron chi connectivity index (χ2n) is 3.50. The molecule has 0 amide bonds. The summed E-state index contributed by atoms with van der Waals surface area (Å²) in [6.45, 7) is 3.34. The van der Waals surface area contributed by atoms with Gasteiger partial charge < -0.3 is 5.73 Å². The van der Waals surface area contributed by atoms with Crippen LogP contribution in [-0.2, 0) is 10.0 Å². The molecule has 0 atom stereocenters. The summed E-state index contributed by atoms with van der Waals surface area (Å²) in [6, 6.07) is 0. The lowest BCUT2D eigenvalue weighted by atomic mass is 10.4. The van der Waals surface area contributed by atoms with Crippen molar-refractivity contribution >= 4 is 10.0 Å². The summed E-state index contributed by atoms with van der Waals surface area (Å²) in [6.07, 6.45) is 2.35. The molecule has 0 aliphatic heterocycles. The van der Waals surface area contributed by atoms with E-state index in [0.717, 1.165) is 0 Å². The quantitative estimate of drug-likeness (QED) is 0.665. The van der Waals surface area contributed by atoms with Gasteiger partial charge in [-0.2, -0.15) is 0 Å². The SMILES string of the molecule is CCN(CC1CC1)S(=O)(=O)CCN. The van der Waals surface area contributed by atoms with Crippen LogP contribution in [0.4, 0.5) is 0 Å². The van der Waals surface area contributed by atoms with Gasteiger partial charge in [0, 0.05) is 19.6 Å². The topological polar surface area (TPSA) is 63.4 Å². The second-order valence-corrected chi connectivity index (χ2v) is 5.59. The average Bonchev–Trinajstić information content (AvgIpc) is 2.82. The van der Waals surface area contributed by atoms with E-state index in [4.69, 9.17) is 5.73 Å². The Labute approximate surface area is 80.1 Å². The lowest BCUT2D eigenvalue weighted by Crippen LogP contribution is -2.36. The molecule has 0 aromatic carbocycles. The molecule has 0 spiro atoms. The Morgan fingerprint density at radius 1 is 1.46 bits per heavy atom. The number of nitrogens with two attached hydrogens (primary N) is 1. The summed E-state index contributed by atoms with van der Waals surface area (Å²) in [4.78, 5) is 0. The van der Waals surface area contributed by atoms with Crippen molar-refractivity contribution in [1.29, 1.82) is 0 Å². The van der Waals surface area contributed by atoms with Crippen molar-refractivity contribution in [3.63, 3.8) is 0 Å². The zero-order chi connectivity index (χ0) is 9.90. The first kappa shape index (κ1) is 10.9. The van der Waals surface area contributed by atoms with Gasteiger partial charge >= 0.3 is 0 Å². The third-order valence-corrected chi connectivity index (χ3v) is 4.23. The van der Waals surface area contributed by atoms with E-state index < -0.39 is 10.0 Å². The second kappa shape index (κ2) is 4.39. The molecule has 0 bridgehead atoms. The smallest absolute Gasteiger partial charge is 0.215 e. The first-order valence-electron chi connectivity index (χ1n) is 4.78. The molecule has 1 fully saturated rings. The van der Waals surface area contributed by atoms with Gasteiger partial charge in [-0.1, -0.05) is 6.92 Å². The summed E-state index contributed by atoms with van der Waals surface area (Å²) in [5, 5.41) is 0. The molecule has 13 heavy (non-hydrogen) atoms. The van der Waals surface area contributed by atoms with Crippen LogP contribution in [0.25, 0.3) is 0 Å². The zero-order valence-corrected chi connectivity index (χ0v) is 8.89. The Bertz CT molecular complexity index is 247. The van der Waals surface area contributed by atoms with E-state index in [9.17, 15) is 8.42 Å². The fraction of sp³-hybridized carbons (Fsp3) is 1.00. The van der Waals surface area contributed by atoms with Gasteiger partial charge in [0.15, 0.2) is 0 Å². The number of hydrogen-bond donors (Lipinski definition) is 1. The van der Waals surface area contributed by atoms with E-state index in [1.165, 1.54) is 12.8 Å². The van der Waals surface area contributed by atoms with Crippen LogP contribution in [0.15, 0.2) is 0 Å². The molecule has 0 heterocycles. The van der Waals surface area contributed by atoms with Gasteiger partial charge in [0.05, 0.1) is 5.75 Å². The fourth-order valence-corrected chi connectivity index (χ4v) is 2.69. The molecule has 0 aromatic heterocycles. The number of rotatable bonds is 6. The van der Waals surface area contributed by atoms with Crippen molar-refractivity contribution in [3.05, 3.63) is 0 Å². The van der Waals surface area contributed by atoms with Crippen LogP contribution < -0.4 is 5.73 Å². The van der Waals surface area contributed by atoms with Gasteiger partial charge in [0.2, 0.25) is 10.0 Å². The minimum atomic E-state index is -3.07. The van der Waals surface area contributed by atoms with Crippen molar-refractivity contribution in [2.45, 2.75) is 19.8 Å². The zero-order valence-electron chi connectivity index (χ0n) is 8.07. The maximum absolute atomic E-state index is 11.6. The Morgan fingerprint density at radius 3 is 2.46 bits per heavy atom. The minimum absolute atomic E-state index is 0.0769. The van der Waals surface area contributed by atoms with Crippen LogP contribution in [0.2, 0.25) is 0 Å². The van der Waals surface area contributed by atoms with Crippen LogP contribution in [0.1, 0.15) is 19.8 Å². The molecule has 0 unspecified atom stereocenters. The molecule has 1 rings (SSSR count). The first-order valence-corrected chi connectivity index (χ1v) is 6.39. The summed E-state index contributed by atoms with van der Waals surface area (Å²) in [5.41, 5.74) is 5.25. The van der Waals surface area contributed by atoms with Crippen molar-refractivity contribution < 1.29 is 8.42 Å². The molecular formula is C8H18N2O2S. The Kier molecular flexibility index (Phi) is 3.70. The van der Waals surface area contributed by atoms with Gasteiger partial charge in [-0.05, 0) is 18.8 Å². The standard InChI is InChI=1S/C8H18N2O2S/c1-2-10(7-8-3-4-8)13(11,12)6-5-9/h8H,2-7,9H2,1H3. The van der Waals surface area contributed by atoms with Gasteiger partial charge in [-0.15, -0.1) is 0 Å².